The average molecular weight is 385 g/mol. The minimum atomic E-state index is -0.269. The summed E-state index contributed by atoms with van der Waals surface area (Å²) in [6, 6.07) is 22.0. The molecule has 0 aliphatic carbocycles. The number of carbonyl (C=O) groups is 1. The van der Waals surface area contributed by atoms with E-state index in [0.717, 1.165) is 11.3 Å². The Labute approximate surface area is 167 Å². The van der Waals surface area contributed by atoms with Gasteiger partial charge in [-0.2, -0.15) is 5.10 Å². The molecule has 3 aromatic carbocycles. The third kappa shape index (κ3) is 4.32. The number of ether oxygens (including phenoxy) is 1. The fourth-order valence-electron chi connectivity index (χ4n) is 3.08. The minimum Gasteiger partial charge on any atom is -0.457 e. The maximum absolute atomic E-state index is 12.4. The van der Waals surface area contributed by atoms with Crippen molar-refractivity contribution in [3.05, 3.63) is 94.4 Å². The molecule has 0 saturated carbocycles. The number of aromatic nitrogens is 2. The predicted octanol–water partition coefficient (Wildman–Crippen LogP) is 4.21. The number of aryl methyl sites for hydroxylation is 1. The highest BCUT2D eigenvalue weighted by Crippen LogP contribution is 2.24. The second-order valence-electron chi connectivity index (χ2n) is 6.71. The lowest BCUT2D eigenvalue weighted by molar-refractivity contribution is -0.115. The van der Waals surface area contributed by atoms with Crippen molar-refractivity contribution in [3.8, 4) is 11.5 Å². The van der Waals surface area contributed by atoms with Gasteiger partial charge in [-0.25, -0.2) is 5.10 Å². The lowest BCUT2D eigenvalue weighted by Crippen LogP contribution is -2.18. The van der Waals surface area contributed by atoms with Crippen LogP contribution in [0.25, 0.3) is 10.8 Å². The summed E-state index contributed by atoms with van der Waals surface area (Å²) in [5, 5.41) is 10.5. The zero-order valence-corrected chi connectivity index (χ0v) is 15.8. The van der Waals surface area contributed by atoms with Gasteiger partial charge in [-0.1, -0.05) is 30.3 Å². The van der Waals surface area contributed by atoms with Crippen LogP contribution in [0.5, 0.6) is 11.5 Å². The quantitative estimate of drug-likeness (QED) is 0.539. The lowest BCUT2D eigenvalue weighted by Gasteiger charge is -2.09. The molecule has 0 fully saturated rings. The molecule has 0 aliphatic rings. The number of H-pyrrole nitrogens is 1. The molecule has 0 unspecified atom stereocenters. The summed E-state index contributed by atoms with van der Waals surface area (Å²) >= 11 is 0. The van der Waals surface area contributed by atoms with Gasteiger partial charge in [0, 0.05) is 11.1 Å². The molecule has 6 heteroatoms. The van der Waals surface area contributed by atoms with Crippen molar-refractivity contribution in [3.63, 3.8) is 0 Å². The van der Waals surface area contributed by atoms with Gasteiger partial charge in [-0.05, 0) is 55.0 Å². The van der Waals surface area contributed by atoms with Crippen LogP contribution in [-0.2, 0) is 11.2 Å². The molecular weight excluding hydrogens is 366 g/mol. The summed E-state index contributed by atoms with van der Waals surface area (Å²) in [6.07, 6.45) is 0.0544. The van der Waals surface area contributed by atoms with E-state index in [9.17, 15) is 9.59 Å². The molecule has 4 aromatic rings. The van der Waals surface area contributed by atoms with Crippen molar-refractivity contribution in [2.24, 2.45) is 0 Å². The summed E-state index contributed by atoms with van der Waals surface area (Å²) in [4.78, 5) is 24.3. The Bertz CT molecular complexity index is 1230. The van der Waals surface area contributed by atoms with Crippen molar-refractivity contribution in [2.75, 3.05) is 5.32 Å². The monoisotopic (exact) mass is 385 g/mol. The van der Waals surface area contributed by atoms with E-state index in [-0.39, 0.29) is 17.9 Å². The van der Waals surface area contributed by atoms with Crippen LogP contribution in [-0.4, -0.2) is 16.1 Å². The van der Waals surface area contributed by atoms with Gasteiger partial charge in [0.15, 0.2) is 0 Å². The predicted molar refractivity (Wildman–Crippen MR) is 112 cm³/mol. The molecule has 4 rings (SSSR count). The number of hydrogen-bond acceptors (Lipinski definition) is 4. The van der Waals surface area contributed by atoms with Crippen molar-refractivity contribution >= 4 is 22.4 Å². The Balaban J connectivity index is 1.44. The molecule has 0 radical (unpaired) electrons. The lowest BCUT2D eigenvalue weighted by atomic mass is 10.1. The van der Waals surface area contributed by atoms with Crippen LogP contribution >= 0.6 is 0 Å². The number of carbonyl (C=O) groups excluding carboxylic acids is 1. The van der Waals surface area contributed by atoms with Gasteiger partial charge in [-0.15, -0.1) is 0 Å². The fraction of sp³-hybridized carbons (Fsp3) is 0.0870. The third-order valence-electron chi connectivity index (χ3n) is 4.47. The van der Waals surface area contributed by atoms with Crippen molar-refractivity contribution in [2.45, 2.75) is 13.3 Å². The first kappa shape index (κ1) is 18.4. The van der Waals surface area contributed by atoms with E-state index in [4.69, 9.17) is 4.74 Å². The Hall–Kier alpha value is -3.93. The van der Waals surface area contributed by atoms with Gasteiger partial charge < -0.3 is 10.1 Å². The van der Waals surface area contributed by atoms with E-state index in [2.05, 4.69) is 15.5 Å². The van der Waals surface area contributed by atoms with Gasteiger partial charge in [0.25, 0.3) is 5.56 Å². The van der Waals surface area contributed by atoms with Crippen LogP contribution in [0.2, 0.25) is 0 Å². The van der Waals surface area contributed by atoms with Crippen molar-refractivity contribution in [1.29, 1.82) is 0 Å². The topological polar surface area (TPSA) is 84.1 Å². The van der Waals surface area contributed by atoms with Crippen LogP contribution < -0.4 is 15.6 Å². The van der Waals surface area contributed by atoms with Crippen LogP contribution in [0.4, 0.5) is 5.69 Å². The van der Waals surface area contributed by atoms with Crippen LogP contribution in [0.15, 0.2) is 77.6 Å². The first-order chi connectivity index (χ1) is 14.1. The number of amides is 1. The van der Waals surface area contributed by atoms with Gasteiger partial charge in [0.1, 0.15) is 11.5 Å². The second-order valence-corrected chi connectivity index (χ2v) is 6.71. The summed E-state index contributed by atoms with van der Waals surface area (Å²) in [5.74, 6) is 1.22. The van der Waals surface area contributed by atoms with Crippen LogP contribution in [0.1, 0.15) is 11.3 Å². The molecule has 29 heavy (non-hydrogen) atoms. The average Bonchev–Trinajstić information content (AvgIpc) is 2.72. The van der Waals surface area contributed by atoms with Crippen molar-refractivity contribution < 1.29 is 9.53 Å². The van der Waals surface area contributed by atoms with E-state index < -0.39 is 0 Å². The van der Waals surface area contributed by atoms with Crippen LogP contribution in [0, 0.1) is 6.92 Å². The Kier molecular flexibility index (Phi) is 5.07. The largest absolute Gasteiger partial charge is 0.457 e. The summed E-state index contributed by atoms with van der Waals surface area (Å²) in [6.45, 7) is 2.01. The maximum atomic E-state index is 12.4. The number of nitrogens with one attached hydrogen (secondary N) is 2. The smallest absolute Gasteiger partial charge is 0.272 e. The molecule has 1 heterocycles. The minimum absolute atomic E-state index is 0.0544. The van der Waals surface area contributed by atoms with Gasteiger partial charge in [-0.3, -0.25) is 9.59 Å². The van der Waals surface area contributed by atoms with Crippen LogP contribution in [0.3, 0.4) is 0 Å². The summed E-state index contributed by atoms with van der Waals surface area (Å²) in [5.41, 5.74) is 2.03. The van der Waals surface area contributed by atoms with E-state index in [1.807, 2.05) is 37.3 Å². The standard InChI is InChI=1S/C23H19N3O3/c1-15-5-4-6-18(13-15)29-17-11-9-16(10-12-17)24-22(27)14-21-19-7-2-3-8-20(19)23(28)26-25-21/h2-13H,14H2,1H3,(H,24,27)(H,26,28). The fourth-order valence-corrected chi connectivity index (χ4v) is 3.08. The van der Waals surface area contributed by atoms with E-state index in [1.165, 1.54) is 0 Å². The highest BCUT2D eigenvalue weighted by Gasteiger charge is 2.11. The Morgan fingerprint density at radius 1 is 0.966 bits per heavy atom. The summed E-state index contributed by atoms with van der Waals surface area (Å²) in [7, 11) is 0. The molecule has 6 nitrogen and oxygen atoms in total. The molecule has 0 spiro atoms. The number of nitrogens with zero attached hydrogens (tertiary/aromatic N) is 1. The Morgan fingerprint density at radius 2 is 1.72 bits per heavy atom. The highest BCUT2D eigenvalue weighted by atomic mass is 16.5. The molecule has 1 amide bonds. The number of anilines is 1. The number of benzene rings is 3. The maximum Gasteiger partial charge on any atom is 0.272 e. The van der Waals surface area contributed by atoms with E-state index in [0.29, 0.717) is 27.9 Å². The molecule has 1 aromatic heterocycles. The number of fused-ring (bicyclic) bond motifs is 1. The van der Waals surface area contributed by atoms with Gasteiger partial charge in [0.2, 0.25) is 5.91 Å². The zero-order chi connectivity index (χ0) is 20.2. The molecule has 0 bridgehead atoms. The Morgan fingerprint density at radius 3 is 2.48 bits per heavy atom. The highest BCUT2D eigenvalue weighted by molar-refractivity contribution is 5.95. The normalized spacial score (nSPS) is 10.7. The van der Waals surface area contributed by atoms with Crippen molar-refractivity contribution in [1.82, 2.24) is 10.2 Å². The molecule has 2 N–H and O–H groups in total. The molecule has 144 valence electrons. The molecular formula is C23H19N3O3. The number of aromatic amines is 1. The van der Waals surface area contributed by atoms with E-state index in [1.54, 1.807) is 42.5 Å². The number of rotatable bonds is 5. The first-order valence-electron chi connectivity index (χ1n) is 9.19. The van der Waals surface area contributed by atoms with Gasteiger partial charge >= 0.3 is 0 Å². The second kappa shape index (κ2) is 7.98. The zero-order valence-electron chi connectivity index (χ0n) is 15.8. The molecule has 0 saturated heterocycles. The first-order valence-corrected chi connectivity index (χ1v) is 9.19. The number of hydrogen-bond donors (Lipinski definition) is 2. The molecule has 0 atom stereocenters. The summed E-state index contributed by atoms with van der Waals surface area (Å²) < 4.78 is 5.82. The SMILES string of the molecule is Cc1cccc(Oc2ccc(NC(=O)Cc3n[nH]c(=O)c4ccccc34)cc2)c1. The molecule has 0 aliphatic heterocycles. The van der Waals surface area contributed by atoms with E-state index >= 15 is 0 Å². The third-order valence-corrected chi connectivity index (χ3v) is 4.47. The van der Waals surface area contributed by atoms with Gasteiger partial charge in [0.05, 0.1) is 17.5 Å².